The van der Waals surface area contributed by atoms with Crippen LogP contribution in [0.1, 0.15) is 33.1 Å². The van der Waals surface area contributed by atoms with E-state index in [0.717, 1.165) is 5.01 Å². The molecule has 1 rings (SSSR count). The molecule has 0 aliphatic carbocycles. The molecule has 1 aliphatic heterocycles. The molecule has 1 N–H and O–H groups in total. The molecule has 0 aromatic carbocycles. The van der Waals surface area contributed by atoms with Crippen molar-refractivity contribution < 1.29 is 19.5 Å². The Balaban J connectivity index is 2.79. The summed E-state index contributed by atoms with van der Waals surface area (Å²) in [4.78, 5) is 35.6. The lowest BCUT2D eigenvalue weighted by atomic mass is 10.1. The fraction of sp³-hybridized carbons (Fsp3) is 0.667. The predicted octanol–water partition coefficient (Wildman–Crippen LogP) is 0.306. The zero-order valence-corrected chi connectivity index (χ0v) is 11.4. The number of carbonyl (C=O) groups is 3. The highest BCUT2D eigenvalue weighted by molar-refractivity contribution is 6.39. The van der Waals surface area contributed by atoms with Crippen molar-refractivity contribution in [1.29, 1.82) is 0 Å². The van der Waals surface area contributed by atoms with E-state index in [4.69, 9.17) is 5.11 Å². The van der Waals surface area contributed by atoms with Crippen LogP contribution in [0.5, 0.6) is 0 Å². The van der Waals surface area contributed by atoms with Gasteiger partial charge in [0.15, 0.2) is 0 Å². The maximum absolute atomic E-state index is 12.3. The van der Waals surface area contributed by atoms with Gasteiger partial charge in [-0.2, -0.15) is 5.10 Å². The summed E-state index contributed by atoms with van der Waals surface area (Å²) in [5.74, 6) is -1.37. The van der Waals surface area contributed by atoms with Crippen molar-refractivity contribution in [1.82, 2.24) is 9.91 Å². The van der Waals surface area contributed by atoms with Crippen molar-refractivity contribution in [3.05, 3.63) is 0 Å². The van der Waals surface area contributed by atoms with Gasteiger partial charge in [-0.3, -0.25) is 14.4 Å². The summed E-state index contributed by atoms with van der Waals surface area (Å²) in [6, 6.07) is -0.113. The molecule has 0 fully saturated rings. The molecule has 0 unspecified atom stereocenters. The van der Waals surface area contributed by atoms with Crippen molar-refractivity contribution in [3.63, 3.8) is 0 Å². The third-order valence-electron chi connectivity index (χ3n) is 2.90. The zero-order valence-electron chi connectivity index (χ0n) is 11.4. The van der Waals surface area contributed by atoms with E-state index in [1.165, 1.54) is 11.9 Å². The van der Waals surface area contributed by atoms with Crippen molar-refractivity contribution in [2.24, 2.45) is 5.10 Å². The molecule has 0 aromatic heterocycles. The highest BCUT2D eigenvalue weighted by atomic mass is 16.4. The standard InChI is InChI=1S/C12H19N3O4/c1-8(2)15(7-6-11(17)18)12(19)9-4-5-10(16)14(3)13-9/h8H,4-7H2,1-3H3,(H,17,18). The fourth-order valence-electron chi connectivity index (χ4n) is 1.80. The van der Waals surface area contributed by atoms with Gasteiger partial charge in [0.2, 0.25) is 5.91 Å². The van der Waals surface area contributed by atoms with Gasteiger partial charge in [0.25, 0.3) is 5.91 Å². The molecule has 0 atom stereocenters. The second-order valence-electron chi connectivity index (χ2n) is 4.70. The van der Waals surface area contributed by atoms with Gasteiger partial charge in [0, 0.05) is 32.5 Å². The summed E-state index contributed by atoms with van der Waals surface area (Å²) in [6.45, 7) is 3.78. The smallest absolute Gasteiger partial charge is 0.305 e. The fourth-order valence-corrected chi connectivity index (χ4v) is 1.80. The van der Waals surface area contributed by atoms with Crippen molar-refractivity contribution in [2.45, 2.75) is 39.2 Å². The lowest BCUT2D eigenvalue weighted by Gasteiger charge is -2.28. The molecule has 19 heavy (non-hydrogen) atoms. The Labute approximate surface area is 111 Å². The maximum atomic E-state index is 12.3. The van der Waals surface area contributed by atoms with E-state index in [9.17, 15) is 14.4 Å². The number of nitrogens with zero attached hydrogens (tertiary/aromatic N) is 3. The van der Waals surface area contributed by atoms with Crippen LogP contribution in [0.4, 0.5) is 0 Å². The number of hydrogen-bond acceptors (Lipinski definition) is 4. The Morgan fingerprint density at radius 3 is 2.53 bits per heavy atom. The Morgan fingerprint density at radius 1 is 1.42 bits per heavy atom. The summed E-state index contributed by atoms with van der Waals surface area (Å²) in [6.07, 6.45) is 0.455. The molecule has 7 nitrogen and oxygen atoms in total. The van der Waals surface area contributed by atoms with Crippen LogP contribution >= 0.6 is 0 Å². The number of carboxylic acids is 1. The topological polar surface area (TPSA) is 90.3 Å². The summed E-state index contributed by atoms with van der Waals surface area (Å²) >= 11 is 0. The first kappa shape index (κ1) is 15.1. The largest absolute Gasteiger partial charge is 0.481 e. The number of carbonyl (C=O) groups excluding carboxylic acids is 2. The first-order chi connectivity index (χ1) is 8.82. The first-order valence-corrected chi connectivity index (χ1v) is 6.19. The number of aliphatic carboxylic acids is 1. The average Bonchev–Trinajstić information content (AvgIpc) is 2.31. The van der Waals surface area contributed by atoms with E-state index in [-0.39, 0.29) is 37.2 Å². The van der Waals surface area contributed by atoms with E-state index >= 15 is 0 Å². The minimum absolute atomic E-state index is 0.105. The minimum Gasteiger partial charge on any atom is -0.481 e. The lowest BCUT2D eigenvalue weighted by molar-refractivity contribution is -0.138. The van der Waals surface area contributed by atoms with Crippen LogP contribution in [0.25, 0.3) is 0 Å². The van der Waals surface area contributed by atoms with E-state index in [2.05, 4.69) is 5.10 Å². The van der Waals surface area contributed by atoms with Crippen molar-refractivity contribution >= 4 is 23.5 Å². The predicted molar refractivity (Wildman–Crippen MR) is 68.5 cm³/mol. The SMILES string of the molecule is CC(C)N(CCC(=O)O)C(=O)C1=NN(C)C(=O)CC1. The monoisotopic (exact) mass is 269 g/mol. The van der Waals surface area contributed by atoms with Crippen LogP contribution in [0.15, 0.2) is 5.10 Å². The molecule has 0 saturated heterocycles. The van der Waals surface area contributed by atoms with Crippen molar-refractivity contribution in [2.75, 3.05) is 13.6 Å². The highest BCUT2D eigenvalue weighted by Gasteiger charge is 2.27. The van der Waals surface area contributed by atoms with Crippen LogP contribution in [-0.4, -0.2) is 58.1 Å². The van der Waals surface area contributed by atoms with E-state index in [1.807, 2.05) is 13.8 Å². The van der Waals surface area contributed by atoms with Crippen LogP contribution in [0.3, 0.4) is 0 Å². The number of carboxylic acid groups (broad SMARTS) is 1. The Hall–Kier alpha value is -1.92. The van der Waals surface area contributed by atoms with Crippen LogP contribution in [-0.2, 0) is 14.4 Å². The number of hydrazone groups is 1. The molecule has 1 aliphatic rings. The molecule has 0 saturated carbocycles. The molecule has 2 amide bonds. The Bertz CT molecular complexity index is 417. The molecule has 7 heteroatoms. The zero-order chi connectivity index (χ0) is 14.6. The van der Waals surface area contributed by atoms with Crippen LogP contribution in [0, 0.1) is 0 Å². The van der Waals surface area contributed by atoms with Gasteiger partial charge in [-0.1, -0.05) is 0 Å². The van der Waals surface area contributed by atoms with Crippen molar-refractivity contribution in [3.8, 4) is 0 Å². The summed E-state index contributed by atoms with van der Waals surface area (Å²) in [7, 11) is 1.51. The molecule has 0 bridgehead atoms. The third kappa shape index (κ3) is 4.04. The van der Waals surface area contributed by atoms with Gasteiger partial charge in [0.05, 0.1) is 6.42 Å². The number of rotatable bonds is 5. The van der Waals surface area contributed by atoms with Gasteiger partial charge in [-0.05, 0) is 13.8 Å². The summed E-state index contributed by atoms with van der Waals surface area (Å²) < 4.78 is 0. The molecule has 0 spiro atoms. The minimum atomic E-state index is -0.948. The molecule has 0 radical (unpaired) electrons. The van der Waals surface area contributed by atoms with Gasteiger partial charge in [-0.15, -0.1) is 0 Å². The average molecular weight is 269 g/mol. The summed E-state index contributed by atoms with van der Waals surface area (Å²) in [5.41, 5.74) is 0.307. The van der Waals surface area contributed by atoms with Gasteiger partial charge in [-0.25, -0.2) is 5.01 Å². The second-order valence-corrected chi connectivity index (χ2v) is 4.70. The summed E-state index contributed by atoms with van der Waals surface area (Å²) in [5, 5.41) is 13.8. The molecular formula is C12H19N3O4. The van der Waals surface area contributed by atoms with Crippen LogP contribution in [0.2, 0.25) is 0 Å². The lowest BCUT2D eigenvalue weighted by Crippen LogP contribution is -2.44. The van der Waals surface area contributed by atoms with Gasteiger partial charge in [0.1, 0.15) is 5.71 Å². The maximum Gasteiger partial charge on any atom is 0.305 e. The first-order valence-electron chi connectivity index (χ1n) is 6.19. The second kappa shape index (κ2) is 6.31. The van der Waals surface area contributed by atoms with E-state index < -0.39 is 5.97 Å². The quantitative estimate of drug-likeness (QED) is 0.777. The molecule has 1 heterocycles. The highest BCUT2D eigenvalue weighted by Crippen LogP contribution is 2.11. The Kier molecular flexibility index (Phi) is 5.02. The number of amides is 2. The van der Waals surface area contributed by atoms with Crippen LogP contribution < -0.4 is 0 Å². The van der Waals surface area contributed by atoms with E-state index in [1.54, 1.807) is 0 Å². The van der Waals surface area contributed by atoms with E-state index in [0.29, 0.717) is 12.1 Å². The molecular weight excluding hydrogens is 250 g/mol. The third-order valence-corrected chi connectivity index (χ3v) is 2.90. The Morgan fingerprint density at radius 2 is 2.05 bits per heavy atom. The normalized spacial score (nSPS) is 15.5. The van der Waals surface area contributed by atoms with Gasteiger partial charge >= 0.3 is 5.97 Å². The molecule has 0 aromatic rings. The molecule has 106 valence electrons. The number of hydrogen-bond donors (Lipinski definition) is 1. The van der Waals surface area contributed by atoms with Gasteiger partial charge < -0.3 is 10.0 Å².